The second-order valence-electron chi connectivity index (χ2n) is 4.66. The third kappa shape index (κ3) is 1.76. The lowest BCUT2D eigenvalue weighted by Gasteiger charge is -2.26. The highest BCUT2D eigenvalue weighted by atomic mass is 32.2. The molecular formula is C11H18N4S. The van der Waals surface area contributed by atoms with E-state index in [0.717, 1.165) is 30.9 Å². The SMILES string of the molecule is NC1CCCc2nnc(C3CCCCS3)n21. The molecule has 2 aliphatic heterocycles. The van der Waals surface area contributed by atoms with Gasteiger partial charge in [-0.2, -0.15) is 11.8 Å². The molecule has 2 aliphatic rings. The fraction of sp³-hybridized carbons (Fsp3) is 0.818. The van der Waals surface area contributed by atoms with Gasteiger partial charge in [0, 0.05) is 6.42 Å². The van der Waals surface area contributed by atoms with Crippen molar-refractivity contribution in [1.82, 2.24) is 14.8 Å². The highest BCUT2D eigenvalue weighted by Crippen LogP contribution is 2.39. The lowest BCUT2D eigenvalue weighted by atomic mass is 10.1. The summed E-state index contributed by atoms with van der Waals surface area (Å²) in [7, 11) is 0. The standard InChI is InChI=1S/C11H18N4S/c12-9-5-3-6-10-13-14-11(15(9)10)8-4-1-2-7-16-8/h8-9H,1-7,12H2. The molecule has 0 aliphatic carbocycles. The number of nitrogens with two attached hydrogens (primary N) is 1. The number of aryl methyl sites for hydroxylation is 1. The summed E-state index contributed by atoms with van der Waals surface area (Å²) in [5.41, 5.74) is 6.17. The van der Waals surface area contributed by atoms with Crippen LogP contribution >= 0.6 is 11.8 Å². The molecule has 3 rings (SSSR count). The quantitative estimate of drug-likeness (QED) is 0.813. The summed E-state index contributed by atoms with van der Waals surface area (Å²) in [6.45, 7) is 0. The van der Waals surface area contributed by atoms with E-state index in [9.17, 15) is 0 Å². The molecule has 0 aromatic carbocycles. The molecule has 88 valence electrons. The van der Waals surface area contributed by atoms with Crippen LogP contribution in [0, 0.1) is 0 Å². The molecule has 16 heavy (non-hydrogen) atoms. The second-order valence-corrected chi connectivity index (χ2v) is 5.97. The van der Waals surface area contributed by atoms with Gasteiger partial charge in [0.2, 0.25) is 0 Å². The number of fused-ring (bicyclic) bond motifs is 1. The van der Waals surface area contributed by atoms with E-state index in [0.29, 0.717) is 5.25 Å². The summed E-state index contributed by atoms with van der Waals surface area (Å²) in [6.07, 6.45) is 7.25. The molecule has 0 saturated carbocycles. The maximum atomic E-state index is 6.17. The van der Waals surface area contributed by atoms with Gasteiger partial charge in [0.15, 0.2) is 0 Å². The minimum atomic E-state index is 0.108. The van der Waals surface area contributed by atoms with Crippen molar-refractivity contribution in [2.75, 3.05) is 5.75 Å². The Labute approximate surface area is 100.0 Å². The van der Waals surface area contributed by atoms with Gasteiger partial charge < -0.3 is 5.73 Å². The minimum absolute atomic E-state index is 0.108. The fourth-order valence-electron chi connectivity index (χ4n) is 2.63. The van der Waals surface area contributed by atoms with Gasteiger partial charge in [-0.05, 0) is 31.4 Å². The van der Waals surface area contributed by atoms with Crippen molar-refractivity contribution in [3.05, 3.63) is 11.6 Å². The van der Waals surface area contributed by atoms with Gasteiger partial charge in [0.1, 0.15) is 11.6 Å². The van der Waals surface area contributed by atoms with Crippen LogP contribution in [0.3, 0.4) is 0 Å². The number of hydrogen-bond acceptors (Lipinski definition) is 4. The first-order valence-electron chi connectivity index (χ1n) is 6.17. The Morgan fingerprint density at radius 2 is 2.12 bits per heavy atom. The van der Waals surface area contributed by atoms with Crippen LogP contribution in [-0.4, -0.2) is 20.5 Å². The number of nitrogens with zero attached hydrogens (tertiary/aromatic N) is 3. The summed E-state index contributed by atoms with van der Waals surface area (Å²) >= 11 is 2.02. The van der Waals surface area contributed by atoms with Gasteiger partial charge >= 0.3 is 0 Å². The number of aromatic nitrogens is 3. The average molecular weight is 238 g/mol. The van der Waals surface area contributed by atoms with Crippen molar-refractivity contribution in [3.8, 4) is 0 Å². The molecule has 2 N–H and O–H groups in total. The Kier molecular flexibility index (Phi) is 2.90. The van der Waals surface area contributed by atoms with Gasteiger partial charge in [0.05, 0.1) is 11.4 Å². The van der Waals surface area contributed by atoms with Crippen LogP contribution in [0.5, 0.6) is 0 Å². The molecule has 3 heterocycles. The maximum absolute atomic E-state index is 6.17. The Morgan fingerprint density at radius 3 is 2.94 bits per heavy atom. The average Bonchev–Trinajstić information content (AvgIpc) is 2.75. The van der Waals surface area contributed by atoms with Gasteiger partial charge in [0.25, 0.3) is 0 Å². The normalized spacial score (nSPS) is 30.1. The molecule has 1 fully saturated rings. The summed E-state index contributed by atoms with van der Waals surface area (Å²) in [6, 6.07) is 0. The summed E-state index contributed by atoms with van der Waals surface area (Å²) in [4.78, 5) is 0. The third-order valence-electron chi connectivity index (χ3n) is 3.49. The highest BCUT2D eigenvalue weighted by Gasteiger charge is 2.27. The van der Waals surface area contributed by atoms with Crippen LogP contribution in [0.25, 0.3) is 0 Å². The first-order chi connectivity index (χ1) is 7.86. The van der Waals surface area contributed by atoms with Crippen LogP contribution < -0.4 is 5.73 Å². The molecule has 2 atom stereocenters. The molecule has 4 nitrogen and oxygen atoms in total. The Balaban J connectivity index is 1.91. The minimum Gasteiger partial charge on any atom is -0.311 e. The monoisotopic (exact) mass is 238 g/mol. The predicted molar refractivity (Wildman–Crippen MR) is 65.2 cm³/mol. The van der Waals surface area contributed by atoms with Crippen LogP contribution in [-0.2, 0) is 6.42 Å². The Bertz CT molecular complexity index is 370. The molecule has 1 aromatic rings. The molecule has 0 amide bonds. The van der Waals surface area contributed by atoms with E-state index in [-0.39, 0.29) is 6.17 Å². The van der Waals surface area contributed by atoms with E-state index in [1.165, 1.54) is 25.0 Å². The molecule has 1 saturated heterocycles. The van der Waals surface area contributed by atoms with Crippen LogP contribution in [0.15, 0.2) is 0 Å². The van der Waals surface area contributed by atoms with E-state index in [4.69, 9.17) is 5.73 Å². The lowest BCUT2D eigenvalue weighted by molar-refractivity contribution is 0.394. The molecular weight excluding hydrogens is 220 g/mol. The predicted octanol–water partition coefficient (Wildman–Crippen LogP) is 2.03. The van der Waals surface area contributed by atoms with Crippen LogP contribution in [0.2, 0.25) is 0 Å². The Morgan fingerprint density at radius 1 is 1.19 bits per heavy atom. The van der Waals surface area contributed by atoms with Crippen LogP contribution in [0.1, 0.15) is 55.2 Å². The third-order valence-corrected chi connectivity index (χ3v) is 4.87. The maximum Gasteiger partial charge on any atom is 0.147 e. The number of hydrogen-bond donors (Lipinski definition) is 1. The van der Waals surface area contributed by atoms with E-state index in [1.807, 2.05) is 11.8 Å². The first-order valence-corrected chi connectivity index (χ1v) is 7.22. The van der Waals surface area contributed by atoms with E-state index in [2.05, 4.69) is 14.8 Å². The largest absolute Gasteiger partial charge is 0.311 e. The van der Waals surface area contributed by atoms with Gasteiger partial charge in [-0.25, -0.2) is 0 Å². The second kappa shape index (κ2) is 4.37. The first kappa shape index (κ1) is 10.6. The van der Waals surface area contributed by atoms with Crippen molar-refractivity contribution in [1.29, 1.82) is 0 Å². The number of rotatable bonds is 1. The van der Waals surface area contributed by atoms with Crippen molar-refractivity contribution >= 4 is 11.8 Å². The molecule has 5 heteroatoms. The molecule has 0 radical (unpaired) electrons. The molecule has 0 spiro atoms. The smallest absolute Gasteiger partial charge is 0.147 e. The van der Waals surface area contributed by atoms with Gasteiger partial charge in [-0.1, -0.05) is 6.42 Å². The zero-order valence-electron chi connectivity index (χ0n) is 9.43. The van der Waals surface area contributed by atoms with Crippen LogP contribution in [0.4, 0.5) is 0 Å². The summed E-state index contributed by atoms with van der Waals surface area (Å²) < 4.78 is 2.20. The van der Waals surface area contributed by atoms with Crippen molar-refractivity contribution in [2.24, 2.45) is 5.73 Å². The van der Waals surface area contributed by atoms with Gasteiger partial charge in [-0.3, -0.25) is 4.57 Å². The number of thioether (sulfide) groups is 1. The molecule has 0 bridgehead atoms. The summed E-state index contributed by atoms with van der Waals surface area (Å²) in [5, 5.41) is 9.21. The van der Waals surface area contributed by atoms with Crippen molar-refractivity contribution in [2.45, 2.75) is 49.9 Å². The topological polar surface area (TPSA) is 56.7 Å². The molecule has 1 aromatic heterocycles. The van der Waals surface area contributed by atoms with Gasteiger partial charge in [-0.15, -0.1) is 10.2 Å². The van der Waals surface area contributed by atoms with Crippen molar-refractivity contribution in [3.63, 3.8) is 0 Å². The van der Waals surface area contributed by atoms with E-state index >= 15 is 0 Å². The fourth-order valence-corrected chi connectivity index (χ4v) is 3.93. The zero-order valence-corrected chi connectivity index (χ0v) is 10.2. The summed E-state index contributed by atoms with van der Waals surface area (Å²) in [5.74, 6) is 3.48. The Hall–Kier alpha value is -0.550. The molecule has 2 unspecified atom stereocenters. The zero-order chi connectivity index (χ0) is 11.0. The lowest BCUT2D eigenvalue weighted by Crippen LogP contribution is -2.27. The van der Waals surface area contributed by atoms with E-state index in [1.54, 1.807) is 0 Å². The van der Waals surface area contributed by atoms with E-state index < -0.39 is 0 Å². The highest BCUT2D eigenvalue weighted by molar-refractivity contribution is 7.99. The van der Waals surface area contributed by atoms with Crippen molar-refractivity contribution < 1.29 is 0 Å².